The molecule has 0 aliphatic carbocycles. The zero-order valence-corrected chi connectivity index (χ0v) is 12.8. The van der Waals surface area contributed by atoms with E-state index >= 15 is 0 Å². The Balaban J connectivity index is 2.36. The van der Waals surface area contributed by atoms with Crippen LogP contribution in [0, 0.1) is 24.0 Å². The van der Waals surface area contributed by atoms with Crippen LogP contribution in [0.4, 0.5) is 11.5 Å². The van der Waals surface area contributed by atoms with Crippen LogP contribution in [0.25, 0.3) is 0 Å². The summed E-state index contributed by atoms with van der Waals surface area (Å²) in [5.74, 6) is 0.354. The van der Waals surface area contributed by atoms with Gasteiger partial charge in [0.2, 0.25) is 5.82 Å². The predicted octanol–water partition coefficient (Wildman–Crippen LogP) is 3.29. The lowest BCUT2D eigenvalue weighted by molar-refractivity contribution is -0.384. The van der Waals surface area contributed by atoms with E-state index < -0.39 is 4.92 Å². The topological polar surface area (TPSA) is 72.2 Å². The van der Waals surface area contributed by atoms with Gasteiger partial charge in [0.1, 0.15) is 5.15 Å². The van der Waals surface area contributed by atoms with E-state index in [0.717, 1.165) is 11.3 Å². The number of halogens is 1. The number of nitrogens with zero attached hydrogens (tertiary/aromatic N) is 4. The van der Waals surface area contributed by atoms with Gasteiger partial charge in [0.15, 0.2) is 0 Å². The van der Waals surface area contributed by atoms with Gasteiger partial charge in [-0.05, 0) is 31.5 Å². The van der Waals surface area contributed by atoms with Gasteiger partial charge in [0.05, 0.1) is 4.92 Å². The largest absolute Gasteiger partial charge is 0.350 e. The van der Waals surface area contributed by atoms with Gasteiger partial charge in [-0.2, -0.15) is 0 Å². The zero-order chi connectivity index (χ0) is 15.6. The number of anilines is 1. The maximum absolute atomic E-state index is 11.3. The maximum Gasteiger partial charge on any atom is 0.314 e. The molecule has 6 nitrogen and oxygen atoms in total. The fraction of sp³-hybridized carbons (Fsp3) is 0.286. The Kier molecular flexibility index (Phi) is 4.37. The molecule has 7 heteroatoms. The summed E-state index contributed by atoms with van der Waals surface area (Å²) in [6.45, 7) is 3.99. The average molecular weight is 307 g/mol. The molecule has 0 bridgehead atoms. The van der Waals surface area contributed by atoms with E-state index in [0.29, 0.717) is 23.1 Å². The van der Waals surface area contributed by atoms with Crippen LogP contribution >= 0.6 is 11.6 Å². The van der Waals surface area contributed by atoms with Crippen LogP contribution in [0.1, 0.15) is 16.8 Å². The van der Waals surface area contributed by atoms with Gasteiger partial charge >= 0.3 is 5.69 Å². The van der Waals surface area contributed by atoms with Gasteiger partial charge in [0.25, 0.3) is 0 Å². The van der Waals surface area contributed by atoms with Crippen molar-refractivity contribution < 1.29 is 4.92 Å². The lowest BCUT2D eigenvalue weighted by atomic mass is 10.2. The van der Waals surface area contributed by atoms with Crippen LogP contribution in [0.15, 0.2) is 24.4 Å². The first-order valence-electron chi connectivity index (χ1n) is 6.32. The van der Waals surface area contributed by atoms with Crippen LogP contribution in [0.5, 0.6) is 0 Å². The van der Waals surface area contributed by atoms with Gasteiger partial charge in [0, 0.05) is 31.0 Å². The molecule has 0 aromatic carbocycles. The number of nitro groups is 1. The molecule has 2 aromatic heterocycles. The molecule has 2 rings (SSSR count). The highest BCUT2D eigenvalue weighted by Crippen LogP contribution is 2.30. The van der Waals surface area contributed by atoms with Crippen molar-refractivity contribution in [1.29, 1.82) is 0 Å². The Morgan fingerprint density at radius 1 is 1.38 bits per heavy atom. The molecule has 0 unspecified atom stereocenters. The Bertz CT molecular complexity index is 673. The molecule has 0 saturated carbocycles. The summed E-state index contributed by atoms with van der Waals surface area (Å²) in [5, 5.41) is 11.7. The third-order valence-electron chi connectivity index (χ3n) is 3.05. The molecule has 2 heterocycles. The molecular formula is C14H15ClN4O2. The summed E-state index contributed by atoms with van der Waals surface area (Å²) >= 11 is 5.75. The Hall–Kier alpha value is -2.21. The second-order valence-electron chi connectivity index (χ2n) is 4.86. The highest BCUT2D eigenvalue weighted by atomic mass is 35.5. The number of rotatable bonds is 4. The van der Waals surface area contributed by atoms with Gasteiger partial charge in [-0.25, -0.2) is 9.97 Å². The van der Waals surface area contributed by atoms with E-state index in [-0.39, 0.29) is 5.69 Å². The van der Waals surface area contributed by atoms with E-state index in [1.165, 1.54) is 0 Å². The molecule has 0 N–H and O–H groups in total. The van der Waals surface area contributed by atoms with E-state index in [4.69, 9.17) is 11.6 Å². The molecule has 0 fully saturated rings. The number of hydrogen-bond acceptors (Lipinski definition) is 5. The van der Waals surface area contributed by atoms with Crippen LogP contribution in [0.3, 0.4) is 0 Å². The van der Waals surface area contributed by atoms with Crippen molar-refractivity contribution in [3.05, 3.63) is 56.5 Å². The highest BCUT2D eigenvalue weighted by Gasteiger charge is 2.22. The third-order valence-corrected chi connectivity index (χ3v) is 3.27. The van der Waals surface area contributed by atoms with Crippen LogP contribution in [-0.2, 0) is 6.54 Å². The Labute approximate surface area is 127 Å². The lowest BCUT2D eigenvalue weighted by Gasteiger charge is -2.19. The molecule has 110 valence electrons. The van der Waals surface area contributed by atoms with Crippen LogP contribution in [0.2, 0.25) is 5.15 Å². The van der Waals surface area contributed by atoms with E-state index in [1.54, 1.807) is 37.2 Å². The number of pyridine rings is 2. The fourth-order valence-corrected chi connectivity index (χ4v) is 2.26. The summed E-state index contributed by atoms with van der Waals surface area (Å²) in [6.07, 6.45) is 1.65. The summed E-state index contributed by atoms with van der Waals surface area (Å²) in [4.78, 5) is 20.9. The SMILES string of the molecule is Cc1cc(C)c([N+](=O)[O-])c(N(C)Cc2ccc(Cl)nc2)n1. The molecular weight excluding hydrogens is 292 g/mol. The van der Waals surface area contributed by atoms with Gasteiger partial charge in [-0.1, -0.05) is 17.7 Å². The van der Waals surface area contributed by atoms with Crippen molar-refractivity contribution >= 4 is 23.1 Å². The lowest BCUT2D eigenvalue weighted by Crippen LogP contribution is -2.20. The minimum absolute atomic E-state index is 0.0324. The van der Waals surface area contributed by atoms with Crippen molar-refractivity contribution in [3.8, 4) is 0 Å². The molecule has 0 amide bonds. The van der Waals surface area contributed by atoms with Crippen LogP contribution < -0.4 is 4.90 Å². The van der Waals surface area contributed by atoms with Gasteiger partial charge in [-0.3, -0.25) is 10.1 Å². The first-order chi connectivity index (χ1) is 9.88. The van der Waals surface area contributed by atoms with E-state index in [2.05, 4.69) is 9.97 Å². The monoisotopic (exact) mass is 306 g/mol. The quantitative estimate of drug-likeness (QED) is 0.492. The van der Waals surface area contributed by atoms with E-state index in [9.17, 15) is 10.1 Å². The molecule has 0 aliphatic heterocycles. The Morgan fingerprint density at radius 2 is 2.10 bits per heavy atom. The minimum atomic E-state index is -0.395. The predicted molar refractivity (Wildman–Crippen MR) is 81.7 cm³/mol. The maximum atomic E-state index is 11.3. The summed E-state index contributed by atoms with van der Waals surface area (Å²) in [6, 6.07) is 5.23. The smallest absolute Gasteiger partial charge is 0.314 e. The number of aromatic nitrogens is 2. The summed E-state index contributed by atoms with van der Waals surface area (Å²) in [7, 11) is 1.77. The molecule has 2 aromatic rings. The van der Waals surface area contributed by atoms with Crippen molar-refractivity contribution in [2.75, 3.05) is 11.9 Å². The zero-order valence-electron chi connectivity index (χ0n) is 12.0. The highest BCUT2D eigenvalue weighted by molar-refractivity contribution is 6.29. The Morgan fingerprint density at radius 3 is 2.67 bits per heavy atom. The summed E-state index contributed by atoms with van der Waals surface area (Å²) in [5.41, 5.74) is 2.28. The fourth-order valence-electron chi connectivity index (χ4n) is 2.15. The molecule has 0 atom stereocenters. The normalized spacial score (nSPS) is 10.5. The number of aryl methyl sites for hydroxylation is 2. The molecule has 0 spiro atoms. The second-order valence-corrected chi connectivity index (χ2v) is 5.24. The summed E-state index contributed by atoms with van der Waals surface area (Å²) < 4.78 is 0. The third kappa shape index (κ3) is 3.46. The van der Waals surface area contributed by atoms with Gasteiger partial charge in [-0.15, -0.1) is 0 Å². The first kappa shape index (κ1) is 15.2. The minimum Gasteiger partial charge on any atom is -0.350 e. The molecule has 0 radical (unpaired) electrons. The molecule has 0 saturated heterocycles. The second kappa shape index (κ2) is 6.05. The first-order valence-corrected chi connectivity index (χ1v) is 6.70. The molecule has 0 aliphatic rings. The van der Waals surface area contributed by atoms with Crippen molar-refractivity contribution in [2.24, 2.45) is 0 Å². The van der Waals surface area contributed by atoms with E-state index in [1.807, 2.05) is 13.0 Å². The van der Waals surface area contributed by atoms with Crippen molar-refractivity contribution in [1.82, 2.24) is 9.97 Å². The van der Waals surface area contributed by atoms with Crippen molar-refractivity contribution in [2.45, 2.75) is 20.4 Å². The number of hydrogen-bond donors (Lipinski definition) is 0. The standard InChI is InChI=1S/C14H15ClN4O2/c1-9-6-10(2)17-14(13(9)19(20)21)18(3)8-11-4-5-12(15)16-7-11/h4-7H,8H2,1-3H3. The van der Waals surface area contributed by atoms with Crippen molar-refractivity contribution in [3.63, 3.8) is 0 Å². The molecule has 21 heavy (non-hydrogen) atoms. The average Bonchev–Trinajstić information content (AvgIpc) is 2.39. The van der Waals surface area contributed by atoms with Gasteiger partial charge < -0.3 is 4.90 Å². The van der Waals surface area contributed by atoms with Crippen LogP contribution in [-0.4, -0.2) is 21.9 Å².